The first-order chi connectivity index (χ1) is 12.8. The summed E-state index contributed by atoms with van der Waals surface area (Å²) in [5.74, 6) is -11.7. The number of aryl methyl sites for hydroxylation is 1. The molecule has 2 aromatic rings. The van der Waals surface area contributed by atoms with E-state index in [1.807, 2.05) is 0 Å². The molecule has 1 N–H and O–H groups in total. The quantitative estimate of drug-likeness (QED) is 0.358. The van der Waals surface area contributed by atoms with Crippen molar-refractivity contribution in [2.24, 2.45) is 0 Å². The summed E-state index contributed by atoms with van der Waals surface area (Å²) in [5.41, 5.74) is -5.18. The number of benzene rings is 1. The van der Waals surface area contributed by atoms with Crippen molar-refractivity contribution >= 4 is 17.3 Å². The summed E-state index contributed by atoms with van der Waals surface area (Å²) in [5, 5.41) is 16.0. The molecule has 0 fully saturated rings. The van der Waals surface area contributed by atoms with Crippen LogP contribution in [-0.2, 0) is 17.5 Å². The lowest BCUT2D eigenvalue weighted by Crippen LogP contribution is -2.24. The van der Waals surface area contributed by atoms with Crippen LogP contribution in [0.1, 0.15) is 17.0 Å². The summed E-state index contributed by atoms with van der Waals surface area (Å²) in [6, 6.07) is 0. The predicted octanol–water partition coefficient (Wildman–Crippen LogP) is 3.62. The van der Waals surface area contributed by atoms with Gasteiger partial charge in [0.15, 0.2) is 23.3 Å². The number of nitro groups is 1. The number of anilines is 1. The Kier molecular flexibility index (Phi) is 5.34. The monoisotopic (exact) mass is 414 g/mol. The van der Waals surface area contributed by atoms with E-state index in [1.54, 1.807) is 0 Å². The fraction of sp³-hybridized carbons (Fsp3) is 0.286. The van der Waals surface area contributed by atoms with Gasteiger partial charge in [0.1, 0.15) is 29.2 Å². The number of nitrogens with one attached hydrogen (secondary N) is 1. The first kappa shape index (κ1) is 21.1. The maximum absolute atomic E-state index is 13.8. The highest BCUT2D eigenvalue weighted by molar-refractivity contribution is 5.91. The molecular formula is C14H9F7N4O3. The zero-order valence-electron chi connectivity index (χ0n) is 13.9. The van der Waals surface area contributed by atoms with Gasteiger partial charge in [-0.1, -0.05) is 0 Å². The highest BCUT2D eigenvalue weighted by Gasteiger charge is 2.42. The van der Waals surface area contributed by atoms with Crippen molar-refractivity contribution in [3.05, 3.63) is 50.3 Å². The van der Waals surface area contributed by atoms with Gasteiger partial charge >= 0.3 is 11.9 Å². The maximum Gasteiger partial charge on any atom is 0.422 e. The molecule has 0 radical (unpaired) electrons. The molecular weight excluding hydrogens is 405 g/mol. The van der Waals surface area contributed by atoms with E-state index >= 15 is 0 Å². The predicted molar refractivity (Wildman–Crippen MR) is 78.3 cm³/mol. The van der Waals surface area contributed by atoms with Crippen LogP contribution in [0.25, 0.3) is 0 Å². The van der Waals surface area contributed by atoms with E-state index < -0.39 is 63.8 Å². The molecule has 1 heterocycles. The summed E-state index contributed by atoms with van der Waals surface area (Å²) in [4.78, 5) is 22.0. The minimum Gasteiger partial charge on any atom is -0.319 e. The van der Waals surface area contributed by atoms with E-state index in [4.69, 9.17) is 0 Å². The average Bonchev–Trinajstić information content (AvgIpc) is 2.82. The zero-order valence-corrected chi connectivity index (χ0v) is 13.9. The molecule has 14 heteroatoms. The number of hydrogen-bond donors (Lipinski definition) is 1. The minimum absolute atomic E-state index is 0.0840. The second kappa shape index (κ2) is 7.09. The molecule has 28 heavy (non-hydrogen) atoms. The molecule has 2 rings (SSSR count). The number of carbonyl (C=O) groups excluding carboxylic acids is 1. The molecule has 0 atom stereocenters. The van der Waals surface area contributed by atoms with Crippen molar-refractivity contribution in [2.45, 2.75) is 26.6 Å². The van der Waals surface area contributed by atoms with Crippen LogP contribution in [0, 0.1) is 47.2 Å². The Morgan fingerprint density at radius 1 is 1.11 bits per heavy atom. The first-order valence-corrected chi connectivity index (χ1v) is 7.18. The topological polar surface area (TPSA) is 90.1 Å². The lowest BCUT2D eigenvalue weighted by molar-refractivity contribution is -0.386. The largest absolute Gasteiger partial charge is 0.422 e. The van der Waals surface area contributed by atoms with Gasteiger partial charge in [0.2, 0.25) is 5.91 Å². The highest BCUT2D eigenvalue weighted by atomic mass is 19.4. The molecule has 0 saturated heterocycles. The molecule has 0 saturated carbocycles. The third-order valence-corrected chi connectivity index (χ3v) is 3.63. The van der Waals surface area contributed by atoms with Gasteiger partial charge in [-0.05, 0) is 13.8 Å². The van der Waals surface area contributed by atoms with E-state index in [0.717, 1.165) is 4.68 Å². The van der Waals surface area contributed by atoms with Crippen molar-refractivity contribution in [3.63, 3.8) is 0 Å². The van der Waals surface area contributed by atoms with E-state index in [2.05, 4.69) is 5.10 Å². The second-order valence-corrected chi connectivity index (χ2v) is 5.49. The third-order valence-electron chi connectivity index (χ3n) is 3.63. The van der Waals surface area contributed by atoms with E-state index in [-0.39, 0.29) is 11.4 Å². The van der Waals surface area contributed by atoms with Crippen LogP contribution in [0.2, 0.25) is 0 Å². The molecule has 0 spiro atoms. The standard InChI is InChI=1S/C14H9F7N4O3/c1-4-13(25(27)28)5(2)24(23-4)3-6(26)22-12-10(17)8(15)7(14(19,20)21)9(16)11(12)18/h3H2,1-2H3,(H,22,26). The highest BCUT2D eigenvalue weighted by Crippen LogP contribution is 2.38. The zero-order chi connectivity index (χ0) is 21.5. The number of halogens is 7. The van der Waals surface area contributed by atoms with Gasteiger partial charge < -0.3 is 5.32 Å². The van der Waals surface area contributed by atoms with Gasteiger partial charge in [0.25, 0.3) is 0 Å². The molecule has 1 aromatic heterocycles. The summed E-state index contributed by atoms with van der Waals surface area (Å²) < 4.78 is 93.0. The van der Waals surface area contributed by atoms with Crippen molar-refractivity contribution in [3.8, 4) is 0 Å². The van der Waals surface area contributed by atoms with E-state index in [9.17, 15) is 45.6 Å². The number of amides is 1. The lowest BCUT2D eigenvalue weighted by Gasteiger charge is -2.14. The van der Waals surface area contributed by atoms with Crippen LogP contribution in [0.5, 0.6) is 0 Å². The minimum atomic E-state index is -5.72. The van der Waals surface area contributed by atoms with Crippen molar-refractivity contribution < 1.29 is 40.5 Å². The normalized spacial score (nSPS) is 11.6. The molecule has 0 bridgehead atoms. The molecule has 0 aliphatic carbocycles. The molecule has 152 valence electrons. The Labute approximate surface area is 150 Å². The number of nitrogens with zero attached hydrogens (tertiary/aromatic N) is 3. The van der Waals surface area contributed by atoms with E-state index in [0.29, 0.717) is 0 Å². The summed E-state index contributed by atoms with van der Waals surface area (Å²) >= 11 is 0. The Balaban J connectivity index is 2.38. The fourth-order valence-electron chi connectivity index (χ4n) is 2.41. The Bertz CT molecular complexity index is 956. The molecule has 7 nitrogen and oxygen atoms in total. The van der Waals surface area contributed by atoms with Crippen molar-refractivity contribution in [1.29, 1.82) is 0 Å². The first-order valence-electron chi connectivity index (χ1n) is 7.18. The molecule has 1 amide bonds. The van der Waals surface area contributed by atoms with Gasteiger partial charge in [0.05, 0.1) is 4.92 Å². The van der Waals surface area contributed by atoms with Crippen LogP contribution < -0.4 is 5.32 Å². The molecule has 0 aliphatic rings. The number of aromatic nitrogens is 2. The Morgan fingerprint density at radius 2 is 1.61 bits per heavy atom. The fourth-order valence-corrected chi connectivity index (χ4v) is 2.41. The molecule has 0 aliphatic heterocycles. The average molecular weight is 414 g/mol. The summed E-state index contributed by atoms with van der Waals surface area (Å²) in [6.07, 6.45) is -5.72. The van der Waals surface area contributed by atoms with Gasteiger partial charge in [-0.3, -0.25) is 19.6 Å². The molecule has 1 aromatic carbocycles. The SMILES string of the molecule is Cc1nn(CC(=O)Nc2c(F)c(F)c(C(F)(F)F)c(F)c2F)c(C)c1[N+](=O)[O-]. The second-order valence-electron chi connectivity index (χ2n) is 5.49. The van der Waals surface area contributed by atoms with Gasteiger partial charge in [-0.2, -0.15) is 18.3 Å². The van der Waals surface area contributed by atoms with Crippen LogP contribution in [0.15, 0.2) is 0 Å². The van der Waals surface area contributed by atoms with Crippen LogP contribution in [-0.4, -0.2) is 20.6 Å². The summed E-state index contributed by atoms with van der Waals surface area (Å²) in [6.45, 7) is 1.59. The van der Waals surface area contributed by atoms with Crippen LogP contribution in [0.4, 0.5) is 42.1 Å². The van der Waals surface area contributed by atoms with Crippen molar-refractivity contribution in [1.82, 2.24) is 9.78 Å². The van der Waals surface area contributed by atoms with Gasteiger partial charge in [-0.15, -0.1) is 0 Å². The Hall–Kier alpha value is -3.19. The van der Waals surface area contributed by atoms with Gasteiger partial charge in [-0.25, -0.2) is 17.6 Å². The summed E-state index contributed by atoms with van der Waals surface area (Å²) in [7, 11) is 0. The third kappa shape index (κ3) is 3.61. The smallest absolute Gasteiger partial charge is 0.319 e. The van der Waals surface area contributed by atoms with Crippen molar-refractivity contribution in [2.75, 3.05) is 5.32 Å². The Morgan fingerprint density at radius 3 is 2.00 bits per heavy atom. The number of rotatable bonds is 4. The number of alkyl halides is 3. The van der Waals surface area contributed by atoms with E-state index in [1.165, 1.54) is 19.2 Å². The van der Waals surface area contributed by atoms with Gasteiger partial charge in [0, 0.05) is 0 Å². The number of hydrogen-bond acceptors (Lipinski definition) is 4. The van der Waals surface area contributed by atoms with Crippen LogP contribution in [0.3, 0.4) is 0 Å². The van der Waals surface area contributed by atoms with Crippen LogP contribution >= 0.6 is 0 Å². The lowest BCUT2D eigenvalue weighted by atomic mass is 10.1. The number of carbonyl (C=O) groups is 1. The molecule has 0 unspecified atom stereocenters. The maximum atomic E-state index is 13.8.